The van der Waals surface area contributed by atoms with Crippen molar-refractivity contribution >= 4 is 40.9 Å². The Morgan fingerprint density at radius 2 is 1.87 bits per heavy atom. The van der Waals surface area contributed by atoms with Gasteiger partial charge >= 0.3 is 0 Å². The number of hydrogen-bond donors (Lipinski definition) is 2. The van der Waals surface area contributed by atoms with Crippen LogP contribution in [0.2, 0.25) is 0 Å². The zero-order chi connectivity index (χ0) is 20.5. The van der Waals surface area contributed by atoms with Crippen LogP contribution in [-0.4, -0.2) is 45.7 Å². The molecule has 3 aromatic heterocycles. The third kappa shape index (κ3) is 4.36. The van der Waals surface area contributed by atoms with Gasteiger partial charge in [-0.1, -0.05) is 12.8 Å². The number of halogens is 1. The highest BCUT2D eigenvalue weighted by Crippen LogP contribution is 2.30. The van der Waals surface area contributed by atoms with Crippen molar-refractivity contribution in [2.75, 3.05) is 36.4 Å². The highest BCUT2D eigenvalue weighted by molar-refractivity contribution is 5.85. The lowest BCUT2D eigenvalue weighted by Crippen LogP contribution is -2.43. The Labute approximate surface area is 187 Å². The van der Waals surface area contributed by atoms with Crippen LogP contribution in [0.5, 0.6) is 0 Å². The van der Waals surface area contributed by atoms with Crippen LogP contribution in [0.4, 0.5) is 17.5 Å². The Balaban J connectivity index is 0.00000231. The molecule has 2 fully saturated rings. The molecule has 0 bridgehead atoms. The smallest absolute Gasteiger partial charge is 0.255 e. The number of pyridine rings is 2. The van der Waals surface area contributed by atoms with Gasteiger partial charge in [0.2, 0.25) is 5.95 Å². The topological polar surface area (TPSA) is 88.0 Å². The van der Waals surface area contributed by atoms with E-state index in [4.69, 9.17) is 4.98 Å². The summed E-state index contributed by atoms with van der Waals surface area (Å²) in [5, 5.41) is 7.45. The van der Waals surface area contributed by atoms with Gasteiger partial charge in [-0.25, -0.2) is 9.97 Å². The number of nitrogens with zero attached hydrogens (tertiary/aromatic N) is 5. The van der Waals surface area contributed by atoms with Crippen LogP contribution in [0, 0.1) is 6.92 Å². The molecule has 1 saturated carbocycles. The molecule has 164 valence electrons. The predicted molar refractivity (Wildman–Crippen MR) is 126 cm³/mol. The summed E-state index contributed by atoms with van der Waals surface area (Å²) in [5.41, 5.74) is 2.61. The fraction of sp³-hybridized carbons (Fsp3) is 0.455. The van der Waals surface area contributed by atoms with E-state index in [1.807, 2.05) is 29.8 Å². The third-order valence-corrected chi connectivity index (χ3v) is 6.11. The molecule has 4 heterocycles. The van der Waals surface area contributed by atoms with Crippen molar-refractivity contribution in [2.24, 2.45) is 0 Å². The first-order chi connectivity index (χ1) is 14.7. The summed E-state index contributed by atoms with van der Waals surface area (Å²) < 4.78 is 1.88. The zero-order valence-electron chi connectivity index (χ0n) is 17.7. The molecular weight excluding hydrogens is 414 g/mol. The number of fused-ring (bicyclic) bond motifs is 1. The SMILES string of the molecule is Cc1cc2cnc(Nc3ccc(N4CCNCC4)cn3)nc2n(C2CCCC2)c1=O.Cl. The van der Waals surface area contributed by atoms with Gasteiger partial charge in [-0.15, -0.1) is 12.4 Å². The van der Waals surface area contributed by atoms with Crippen molar-refractivity contribution in [2.45, 2.75) is 38.6 Å². The maximum Gasteiger partial charge on any atom is 0.255 e. The number of anilines is 3. The van der Waals surface area contributed by atoms with E-state index < -0.39 is 0 Å². The molecule has 0 atom stereocenters. The van der Waals surface area contributed by atoms with Crippen molar-refractivity contribution < 1.29 is 0 Å². The van der Waals surface area contributed by atoms with Crippen LogP contribution in [0.1, 0.15) is 37.3 Å². The highest BCUT2D eigenvalue weighted by Gasteiger charge is 2.22. The van der Waals surface area contributed by atoms with E-state index in [0.717, 1.165) is 68.5 Å². The van der Waals surface area contributed by atoms with Gasteiger partial charge in [-0.2, -0.15) is 4.98 Å². The van der Waals surface area contributed by atoms with Crippen LogP contribution >= 0.6 is 12.4 Å². The van der Waals surface area contributed by atoms with Gasteiger partial charge in [0.25, 0.3) is 5.56 Å². The maximum absolute atomic E-state index is 12.9. The summed E-state index contributed by atoms with van der Waals surface area (Å²) in [6.07, 6.45) is 8.04. The quantitative estimate of drug-likeness (QED) is 0.642. The van der Waals surface area contributed by atoms with E-state index in [1.165, 1.54) is 0 Å². The number of aromatic nitrogens is 4. The molecule has 3 aromatic rings. The lowest BCUT2D eigenvalue weighted by atomic mass is 10.2. The average Bonchev–Trinajstić information content (AvgIpc) is 3.30. The monoisotopic (exact) mass is 441 g/mol. The van der Waals surface area contributed by atoms with Crippen LogP contribution in [-0.2, 0) is 0 Å². The molecule has 31 heavy (non-hydrogen) atoms. The van der Waals surface area contributed by atoms with Crippen molar-refractivity contribution in [1.29, 1.82) is 0 Å². The number of piperazine rings is 1. The summed E-state index contributed by atoms with van der Waals surface area (Å²) in [4.78, 5) is 28.9. The molecule has 0 spiro atoms. The van der Waals surface area contributed by atoms with E-state index in [0.29, 0.717) is 17.4 Å². The Morgan fingerprint density at radius 1 is 1.10 bits per heavy atom. The average molecular weight is 442 g/mol. The molecule has 9 heteroatoms. The zero-order valence-corrected chi connectivity index (χ0v) is 18.5. The minimum atomic E-state index is 0. The lowest BCUT2D eigenvalue weighted by molar-refractivity contribution is 0.514. The maximum atomic E-state index is 12.9. The molecule has 1 saturated heterocycles. The first kappa shape index (κ1) is 21.5. The summed E-state index contributed by atoms with van der Waals surface area (Å²) in [5.74, 6) is 1.15. The molecule has 1 aliphatic carbocycles. The second-order valence-electron chi connectivity index (χ2n) is 8.18. The number of hydrogen-bond acceptors (Lipinski definition) is 7. The molecule has 2 N–H and O–H groups in total. The van der Waals surface area contributed by atoms with Gasteiger partial charge < -0.3 is 15.5 Å². The van der Waals surface area contributed by atoms with Crippen LogP contribution in [0.15, 0.2) is 35.4 Å². The molecule has 0 aromatic carbocycles. The van der Waals surface area contributed by atoms with Crippen LogP contribution in [0.3, 0.4) is 0 Å². The molecule has 5 rings (SSSR count). The lowest BCUT2D eigenvalue weighted by Gasteiger charge is -2.29. The van der Waals surface area contributed by atoms with Gasteiger partial charge in [0.15, 0.2) is 0 Å². The predicted octanol–water partition coefficient (Wildman–Crippen LogP) is 3.19. The molecule has 1 aliphatic heterocycles. The number of nitrogens with one attached hydrogen (secondary N) is 2. The largest absolute Gasteiger partial charge is 0.368 e. The van der Waals surface area contributed by atoms with Crippen LogP contribution in [0.25, 0.3) is 11.0 Å². The van der Waals surface area contributed by atoms with Gasteiger partial charge in [0, 0.05) is 49.4 Å². The van der Waals surface area contributed by atoms with Crippen molar-refractivity contribution in [3.8, 4) is 0 Å². The molecule has 0 radical (unpaired) electrons. The van der Waals surface area contributed by atoms with E-state index in [9.17, 15) is 4.79 Å². The molecule has 2 aliphatic rings. The summed E-state index contributed by atoms with van der Waals surface area (Å²) in [6.45, 7) is 5.82. The Morgan fingerprint density at radius 3 is 2.58 bits per heavy atom. The normalized spacial score (nSPS) is 17.0. The van der Waals surface area contributed by atoms with Crippen LogP contribution < -0.4 is 21.1 Å². The molecular formula is C22H28ClN7O. The van der Waals surface area contributed by atoms with Gasteiger partial charge in [-0.3, -0.25) is 9.36 Å². The minimum Gasteiger partial charge on any atom is -0.368 e. The summed E-state index contributed by atoms with van der Waals surface area (Å²) in [6, 6.07) is 6.12. The number of rotatable bonds is 4. The summed E-state index contributed by atoms with van der Waals surface area (Å²) >= 11 is 0. The van der Waals surface area contributed by atoms with E-state index in [-0.39, 0.29) is 24.0 Å². The van der Waals surface area contributed by atoms with Gasteiger partial charge in [0.05, 0.1) is 11.9 Å². The van der Waals surface area contributed by atoms with E-state index in [1.54, 1.807) is 6.20 Å². The Kier molecular flexibility index (Phi) is 6.38. The van der Waals surface area contributed by atoms with Gasteiger partial charge in [0.1, 0.15) is 11.5 Å². The molecule has 8 nitrogen and oxygen atoms in total. The number of aryl methyl sites for hydroxylation is 1. The van der Waals surface area contributed by atoms with E-state index >= 15 is 0 Å². The Hall–Kier alpha value is -2.71. The summed E-state index contributed by atoms with van der Waals surface area (Å²) in [7, 11) is 0. The first-order valence-corrected chi connectivity index (χ1v) is 10.8. The van der Waals surface area contributed by atoms with Crippen molar-refractivity contribution in [3.05, 3.63) is 46.5 Å². The Bertz CT molecular complexity index is 1100. The second kappa shape index (κ2) is 9.20. The standard InChI is InChI=1S/C22H27N7O.ClH/c1-15-12-16-13-25-22(27-20(16)29(21(15)30)17-4-2-3-5-17)26-19-7-6-18(14-24-19)28-10-8-23-9-11-28;/h6-7,12-14,17,23H,2-5,8-11H2,1H3,(H,24,25,26,27);1H. The molecule has 0 amide bonds. The third-order valence-electron chi connectivity index (χ3n) is 6.11. The van der Waals surface area contributed by atoms with Crippen molar-refractivity contribution in [1.82, 2.24) is 24.8 Å². The second-order valence-corrected chi connectivity index (χ2v) is 8.18. The van der Waals surface area contributed by atoms with E-state index in [2.05, 4.69) is 31.6 Å². The minimum absolute atomic E-state index is 0. The van der Waals surface area contributed by atoms with Crippen molar-refractivity contribution in [3.63, 3.8) is 0 Å². The molecule has 0 unspecified atom stereocenters. The fourth-order valence-corrected chi connectivity index (χ4v) is 4.50. The highest BCUT2D eigenvalue weighted by atomic mass is 35.5. The fourth-order valence-electron chi connectivity index (χ4n) is 4.50. The first-order valence-electron chi connectivity index (χ1n) is 10.8. The van der Waals surface area contributed by atoms with Gasteiger partial charge in [-0.05, 0) is 38.0 Å².